The lowest BCUT2D eigenvalue weighted by Gasteiger charge is -2.13. The SMILES string of the molecule is CCOc1ccc(NC(=O)NC(=O)COc2ccccc2C(=O)OC)cc1OCC. The van der Waals surface area contributed by atoms with Gasteiger partial charge in [0.1, 0.15) is 11.3 Å². The lowest BCUT2D eigenvalue weighted by Crippen LogP contribution is -2.37. The molecule has 0 fully saturated rings. The number of ether oxygens (including phenoxy) is 4. The van der Waals surface area contributed by atoms with Crippen LogP contribution in [0.15, 0.2) is 42.5 Å². The number of anilines is 1. The van der Waals surface area contributed by atoms with Gasteiger partial charge in [-0.3, -0.25) is 10.1 Å². The summed E-state index contributed by atoms with van der Waals surface area (Å²) in [6, 6.07) is 10.5. The fourth-order valence-corrected chi connectivity index (χ4v) is 2.47. The van der Waals surface area contributed by atoms with Gasteiger partial charge in [0.05, 0.1) is 20.3 Å². The molecular formula is C21H24N2O7. The van der Waals surface area contributed by atoms with Gasteiger partial charge in [-0.1, -0.05) is 12.1 Å². The number of amides is 3. The summed E-state index contributed by atoms with van der Waals surface area (Å²) in [6.07, 6.45) is 0. The first kappa shape index (κ1) is 22.5. The standard InChI is InChI=1S/C21H24N2O7/c1-4-28-17-11-10-14(12-18(17)29-5-2)22-21(26)23-19(24)13-30-16-9-7-6-8-15(16)20(25)27-3/h6-12H,4-5,13H2,1-3H3,(H2,22,23,24,26). The number of para-hydroxylation sites is 1. The third-order valence-corrected chi connectivity index (χ3v) is 3.71. The van der Waals surface area contributed by atoms with Crippen LogP contribution in [0.3, 0.4) is 0 Å². The van der Waals surface area contributed by atoms with Crippen LogP contribution in [0.2, 0.25) is 0 Å². The van der Waals surface area contributed by atoms with E-state index in [1.807, 2.05) is 13.8 Å². The highest BCUT2D eigenvalue weighted by molar-refractivity contribution is 6.01. The van der Waals surface area contributed by atoms with E-state index in [1.54, 1.807) is 30.3 Å². The highest BCUT2D eigenvalue weighted by Gasteiger charge is 2.15. The van der Waals surface area contributed by atoms with E-state index in [4.69, 9.17) is 14.2 Å². The van der Waals surface area contributed by atoms with Crippen molar-refractivity contribution in [2.75, 3.05) is 32.2 Å². The lowest BCUT2D eigenvalue weighted by molar-refractivity contribution is -0.121. The summed E-state index contributed by atoms with van der Waals surface area (Å²) in [5.74, 6) is -0.0782. The Labute approximate surface area is 174 Å². The van der Waals surface area contributed by atoms with E-state index in [2.05, 4.69) is 15.4 Å². The van der Waals surface area contributed by atoms with E-state index in [0.717, 1.165) is 0 Å². The first-order valence-electron chi connectivity index (χ1n) is 9.29. The van der Waals surface area contributed by atoms with E-state index in [9.17, 15) is 14.4 Å². The Bertz CT molecular complexity index is 899. The van der Waals surface area contributed by atoms with Gasteiger partial charge in [-0.25, -0.2) is 9.59 Å². The fourth-order valence-electron chi connectivity index (χ4n) is 2.47. The molecule has 2 N–H and O–H groups in total. The molecular weight excluding hydrogens is 392 g/mol. The zero-order valence-corrected chi connectivity index (χ0v) is 17.0. The van der Waals surface area contributed by atoms with Crippen LogP contribution in [0, 0.1) is 0 Å². The lowest BCUT2D eigenvalue weighted by atomic mass is 10.2. The minimum absolute atomic E-state index is 0.174. The first-order valence-corrected chi connectivity index (χ1v) is 9.29. The van der Waals surface area contributed by atoms with Gasteiger partial charge in [0.2, 0.25) is 0 Å². The van der Waals surface area contributed by atoms with E-state index in [1.165, 1.54) is 19.2 Å². The number of carbonyl (C=O) groups is 3. The molecule has 0 spiro atoms. The van der Waals surface area contributed by atoms with Crippen LogP contribution in [0.25, 0.3) is 0 Å². The second-order valence-corrected chi connectivity index (χ2v) is 5.81. The number of nitrogens with one attached hydrogen (secondary N) is 2. The van der Waals surface area contributed by atoms with Crippen molar-refractivity contribution in [3.63, 3.8) is 0 Å². The average Bonchev–Trinajstić information content (AvgIpc) is 2.74. The molecule has 0 heterocycles. The van der Waals surface area contributed by atoms with Crippen LogP contribution >= 0.6 is 0 Å². The molecule has 0 aliphatic carbocycles. The molecule has 160 valence electrons. The van der Waals surface area contributed by atoms with Gasteiger partial charge in [0.25, 0.3) is 5.91 Å². The van der Waals surface area contributed by atoms with Gasteiger partial charge in [-0.2, -0.15) is 0 Å². The number of rotatable bonds is 9. The first-order chi connectivity index (χ1) is 14.5. The molecule has 0 saturated heterocycles. The van der Waals surface area contributed by atoms with Crippen LogP contribution in [0.5, 0.6) is 17.2 Å². The summed E-state index contributed by atoms with van der Waals surface area (Å²) >= 11 is 0. The third kappa shape index (κ3) is 6.40. The smallest absolute Gasteiger partial charge is 0.341 e. The van der Waals surface area contributed by atoms with Gasteiger partial charge in [0.15, 0.2) is 18.1 Å². The Morgan fingerprint density at radius 2 is 1.57 bits per heavy atom. The van der Waals surface area contributed by atoms with Gasteiger partial charge >= 0.3 is 12.0 Å². The molecule has 0 radical (unpaired) electrons. The molecule has 0 aliphatic heterocycles. The monoisotopic (exact) mass is 416 g/mol. The molecule has 3 amide bonds. The Hall–Kier alpha value is -3.75. The summed E-state index contributed by atoms with van der Waals surface area (Å²) in [5.41, 5.74) is 0.597. The molecule has 0 aromatic heterocycles. The summed E-state index contributed by atoms with van der Waals surface area (Å²) in [7, 11) is 1.24. The summed E-state index contributed by atoms with van der Waals surface area (Å²) < 4.78 is 21.0. The minimum atomic E-state index is -0.739. The molecule has 0 aliphatic rings. The van der Waals surface area contributed by atoms with Crippen molar-refractivity contribution in [3.8, 4) is 17.2 Å². The Morgan fingerprint density at radius 1 is 0.867 bits per heavy atom. The van der Waals surface area contributed by atoms with Crippen LogP contribution in [-0.2, 0) is 9.53 Å². The van der Waals surface area contributed by atoms with E-state index >= 15 is 0 Å². The minimum Gasteiger partial charge on any atom is -0.490 e. The number of esters is 1. The molecule has 9 heteroatoms. The van der Waals surface area contributed by atoms with E-state index < -0.39 is 24.5 Å². The maximum atomic E-state index is 12.1. The van der Waals surface area contributed by atoms with Crippen molar-refractivity contribution in [1.29, 1.82) is 0 Å². The van der Waals surface area contributed by atoms with Crippen molar-refractivity contribution in [2.45, 2.75) is 13.8 Å². The number of urea groups is 1. The van der Waals surface area contributed by atoms with Crippen LogP contribution < -0.4 is 24.8 Å². The molecule has 2 aromatic rings. The largest absolute Gasteiger partial charge is 0.490 e. The van der Waals surface area contributed by atoms with Crippen molar-refractivity contribution >= 4 is 23.6 Å². The summed E-state index contributed by atoms with van der Waals surface area (Å²) in [5, 5.41) is 4.69. The van der Waals surface area contributed by atoms with Gasteiger partial charge in [-0.05, 0) is 38.1 Å². The summed E-state index contributed by atoms with van der Waals surface area (Å²) in [6.45, 7) is 4.13. The predicted molar refractivity (Wildman–Crippen MR) is 109 cm³/mol. The van der Waals surface area contributed by atoms with Crippen LogP contribution in [0.1, 0.15) is 24.2 Å². The van der Waals surface area contributed by atoms with Gasteiger partial charge < -0.3 is 24.3 Å². The summed E-state index contributed by atoms with van der Waals surface area (Å²) in [4.78, 5) is 35.8. The molecule has 0 unspecified atom stereocenters. The van der Waals surface area contributed by atoms with Gasteiger partial charge in [0, 0.05) is 11.8 Å². The highest BCUT2D eigenvalue weighted by atomic mass is 16.5. The Kier molecular flexibility index (Phi) is 8.49. The number of hydrogen-bond donors (Lipinski definition) is 2. The molecule has 0 saturated carbocycles. The normalized spacial score (nSPS) is 9.97. The van der Waals surface area contributed by atoms with Crippen molar-refractivity contribution in [2.24, 2.45) is 0 Å². The molecule has 2 aromatic carbocycles. The fraction of sp³-hybridized carbons (Fsp3) is 0.286. The van der Waals surface area contributed by atoms with Gasteiger partial charge in [-0.15, -0.1) is 0 Å². The zero-order valence-electron chi connectivity index (χ0n) is 17.0. The molecule has 2 rings (SSSR count). The van der Waals surface area contributed by atoms with E-state index in [0.29, 0.717) is 30.4 Å². The second-order valence-electron chi connectivity index (χ2n) is 5.81. The number of imide groups is 1. The van der Waals surface area contributed by atoms with Crippen LogP contribution in [-0.4, -0.2) is 44.8 Å². The zero-order chi connectivity index (χ0) is 21.9. The topological polar surface area (TPSA) is 112 Å². The number of methoxy groups -OCH3 is 1. The quantitative estimate of drug-likeness (QED) is 0.604. The average molecular weight is 416 g/mol. The Morgan fingerprint density at radius 3 is 2.27 bits per heavy atom. The van der Waals surface area contributed by atoms with Crippen molar-refractivity contribution in [3.05, 3.63) is 48.0 Å². The maximum absolute atomic E-state index is 12.1. The number of carbonyl (C=O) groups excluding carboxylic acids is 3. The number of hydrogen-bond acceptors (Lipinski definition) is 7. The van der Waals surface area contributed by atoms with Crippen molar-refractivity contribution < 1.29 is 33.3 Å². The maximum Gasteiger partial charge on any atom is 0.341 e. The third-order valence-electron chi connectivity index (χ3n) is 3.71. The number of benzene rings is 2. The van der Waals surface area contributed by atoms with E-state index in [-0.39, 0.29) is 11.3 Å². The van der Waals surface area contributed by atoms with Crippen LogP contribution in [0.4, 0.5) is 10.5 Å². The predicted octanol–water partition coefficient (Wildman–Crippen LogP) is 3.00. The highest BCUT2D eigenvalue weighted by Crippen LogP contribution is 2.30. The second kappa shape index (κ2) is 11.3. The molecule has 0 bridgehead atoms. The Balaban J connectivity index is 1.93. The molecule has 30 heavy (non-hydrogen) atoms. The van der Waals surface area contributed by atoms with Crippen molar-refractivity contribution in [1.82, 2.24) is 5.32 Å². The molecule has 9 nitrogen and oxygen atoms in total. The molecule has 0 atom stereocenters.